The number of hydrogen-bond acceptors (Lipinski definition) is 4. The van der Waals surface area contributed by atoms with Crippen LogP contribution in [0.5, 0.6) is 0 Å². The molecule has 0 bridgehead atoms. The van der Waals surface area contributed by atoms with Crippen LogP contribution in [0.3, 0.4) is 0 Å². The summed E-state index contributed by atoms with van der Waals surface area (Å²) >= 11 is 0. The Morgan fingerprint density at radius 2 is 1.64 bits per heavy atom. The molecular formula is C23H33NO4. The average Bonchev–Trinajstić information content (AvgIpc) is 2.62. The van der Waals surface area contributed by atoms with Gasteiger partial charge < -0.3 is 14.8 Å². The van der Waals surface area contributed by atoms with Crippen molar-refractivity contribution in [2.75, 3.05) is 14.2 Å². The van der Waals surface area contributed by atoms with E-state index in [0.29, 0.717) is 0 Å². The van der Waals surface area contributed by atoms with E-state index in [0.717, 1.165) is 31.3 Å². The van der Waals surface area contributed by atoms with Gasteiger partial charge in [-0.2, -0.15) is 0 Å². The largest absolute Gasteiger partial charge is 0.345 e. The zero-order chi connectivity index (χ0) is 21.2. The van der Waals surface area contributed by atoms with Gasteiger partial charge in [-0.3, -0.25) is 9.59 Å². The topological polar surface area (TPSA) is 64.6 Å². The van der Waals surface area contributed by atoms with Gasteiger partial charge in [0.25, 0.3) is 0 Å². The summed E-state index contributed by atoms with van der Waals surface area (Å²) in [5, 5.41) is 2.71. The van der Waals surface area contributed by atoms with Crippen LogP contribution in [0.4, 0.5) is 0 Å². The van der Waals surface area contributed by atoms with E-state index in [9.17, 15) is 9.59 Å². The second-order valence-electron chi connectivity index (χ2n) is 7.26. The standard InChI is InChI=1S/C23H33NO4/c1-17(2)9-7-10-18(3)11-8-12-19(4)15-22(26)24-21-16-20(25)13-14-23(21,27-5)28-6/h9,11,13-16H,7-8,10,12H2,1-6H3,(H,24,26). The molecule has 5 heteroatoms. The third kappa shape index (κ3) is 7.79. The molecule has 1 aliphatic rings. The first-order chi connectivity index (χ1) is 13.2. The van der Waals surface area contributed by atoms with Crippen LogP contribution in [0.1, 0.15) is 53.4 Å². The number of carbonyl (C=O) groups is 2. The van der Waals surface area contributed by atoms with Gasteiger partial charge in [0.05, 0.1) is 5.70 Å². The molecule has 0 aromatic carbocycles. The van der Waals surface area contributed by atoms with Crippen molar-refractivity contribution in [1.29, 1.82) is 0 Å². The molecule has 1 rings (SSSR count). The number of allylic oxidation sites excluding steroid dienone is 7. The first kappa shape index (κ1) is 23.8. The summed E-state index contributed by atoms with van der Waals surface area (Å²) in [7, 11) is 2.91. The third-order valence-corrected chi connectivity index (χ3v) is 4.49. The van der Waals surface area contributed by atoms with Gasteiger partial charge in [-0.25, -0.2) is 0 Å². The van der Waals surface area contributed by atoms with Gasteiger partial charge in [-0.15, -0.1) is 0 Å². The van der Waals surface area contributed by atoms with Crippen molar-refractivity contribution >= 4 is 11.7 Å². The van der Waals surface area contributed by atoms with E-state index in [-0.39, 0.29) is 17.4 Å². The van der Waals surface area contributed by atoms with Crippen molar-refractivity contribution < 1.29 is 19.1 Å². The first-order valence-electron chi connectivity index (χ1n) is 9.55. The van der Waals surface area contributed by atoms with E-state index in [2.05, 4.69) is 38.2 Å². The minimum atomic E-state index is -1.25. The number of nitrogens with one attached hydrogen (secondary N) is 1. The Labute approximate surface area is 168 Å². The SMILES string of the molecule is COC1(OC)C=CC(=O)C=C1NC(=O)C=C(C)CCC=C(C)CCC=C(C)C. The molecule has 0 heterocycles. The highest BCUT2D eigenvalue weighted by atomic mass is 16.7. The van der Waals surface area contributed by atoms with Crippen molar-refractivity contribution in [3.63, 3.8) is 0 Å². The molecule has 1 N–H and O–H groups in total. The Morgan fingerprint density at radius 3 is 2.25 bits per heavy atom. The normalized spacial score (nSPS) is 16.6. The van der Waals surface area contributed by atoms with Gasteiger partial charge in [-0.1, -0.05) is 28.9 Å². The highest BCUT2D eigenvalue weighted by molar-refractivity contribution is 6.02. The molecule has 0 radical (unpaired) electrons. The van der Waals surface area contributed by atoms with Crippen molar-refractivity contribution in [3.8, 4) is 0 Å². The minimum Gasteiger partial charge on any atom is -0.345 e. The quantitative estimate of drug-likeness (QED) is 0.340. The maximum Gasteiger partial charge on any atom is 0.248 e. The maximum atomic E-state index is 12.4. The number of rotatable bonds is 10. The van der Waals surface area contributed by atoms with E-state index in [4.69, 9.17) is 9.47 Å². The number of ketones is 1. The molecular weight excluding hydrogens is 354 g/mol. The van der Waals surface area contributed by atoms with Crippen LogP contribution < -0.4 is 5.32 Å². The minimum absolute atomic E-state index is 0.227. The molecule has 28 heavy (non-hydrogen) atoms. The fourth-order valence-electron chi connectivity index (χ4n) is 2.84. The Bertz CT molecular complexity index is 715. The lowest BCUT2D eigenvalue weighted by Crippen LogP contribution is -2.43. The van der Waals surface area contributed by atoms with E-state index in [1.165, 1.54) is 43.6 Å². The molecule has 0 aromatic heterocycles. The molecule has 0 fully saturated rings. The van der Waals surface area contributed by atoms with Crippen molar-refractivity contribution in [1.82, 2.24) is 5.32 Å². The van der Waals surface area contributed by atoms with Gasteiger partial charge in [0, 0.05) is 26.4 Å². The molecule has 5 nitrogen and oxygen atoms in total. The molecule has 0 atom stereocenters. The predicted octanol–water partition coefficient (Wildman–Crippen LogP) is 4.53. The molecule has 0 aromatic rings. The molecule has 0 unspecified atom stereocenters. The van der Waals surface area contributed by atoms with E-state index >= 15 is 0 Å². The highest BCUT2D eigenvalue weighted by Gasteiger charge is 2.35. The molecule has 0 saturated heterocycles. The fourth-order valence-corrected chi connectivity index (χ4v) is 2.84. The van der Waals surface area contributed by atoms with Gasteiger partial charge in [0.15, 0.2) is 5.78 Å². The molecule has 0 aliphatic heterocycles. The molecule has 0 spiro atoms. The van der Waals surface area contributed by atoms with E-state index in [1.807, 2.05) is 6.92 Å². The van der Waals surface area contributed by atoms with E-state index in [1.54, 1.807) is 6.08 Å². The fraction of sp³-hybridized carbons (Fsp3) is 0.478. The Hall–Kier alpha value is -2.24. The lowest BCUT2D eigenvalue weighted by molar-refractivity contribution is -0.150. The Morgan fingerprint density at radius 1 is 1.04 bits per heavy atom. The summed E-state index contributed by atoms with van der Waals surface area (Å²) in [4.78, 5) is 24.0. The summed E-state index contributed by atoms with van der Waals surface area (Å²) < 4.78 is 10.7. The second kappa shape index (κ2) is 11.6. The average molecular weight is 388 g/mol. The number of amides is 1. The van der Waals surface area contributed by atoms with Gasteiger partial charge in [-0.05, 0) is 65.5 Å². The zero-order valence-corrected chi connectivity index (χ0v) is 17.9. The van der Waals surface area contributed by atoms with Gasteiger partial charge in [0.1, 0.15) is 0 Å². The smallest absolute Gasteiger partial charge is 0.248 e. The molecule has 0 saturated carbocycles. The third-order valence-electron chi connectivity index (χ3n) is 4.49. The summed E-state index contributed by atoms with van der Waals surface area (Å²) in [6.45, 7) is 8.28. The molecule has 1 amide bonds. The monoisotopic (exact) mass is 387 g/mol. The van der Waals surface area contributed by atoms with Crippen LogP contribution >= 0.6 is 0 Å². The first-order valence-corrected chi connectivity index (χ1v) is 9.55. The highest BCUT2D eigenvalue weighted by Crippen LogP contribution is 2.25. The van der Waals surface area contributed by atoms with Crippen LogP contribution in [-0.4, -0.2) is 31.7 Å². The molecule has 154 valence electrons. The summed E-state index contributed by atoms with van der Waals surface area (Å²) in [6.07, 6.45) is 14.0. The summed E-state index contributed by atoms with van der Waals surface area (Å²) in [5.74, 6) is -1.79. The van der Waals surface area contributed by atoms with Crippen molar-refractivity contribution in [2.24, 2.45) is 0 Å². The second-order valence-corrected chi connectivity index (χ2v) is 7.26. The van der Waals surface area contributed by atoms with Crippen LogP contribution in [0, 0.1) is 0 Å². The van der Waals surface area contributed by atoms with E-state index < -0.39 is 5.79 Å². The van der Waals surface area contributed by atoms with Gasteiger partial charge >= 0.3 is 0 Å². The van der Waals surface area contributed by atoms with Crippen LogP contribution in [-0.2, 0) is 19.1 Å². The predicted molar refractivity (Wildman–Crippen MR) is 113 cm³/mol. The Kier molecular flexibility index (Phi) is 9.83. The van der Waals surface area contributed by atoms with Crippen molar-refractivity contribution in [2.45, 2.75) is 59.2 Å². The Balaban J connectivity index is 2.61. The van der Waals surface area contributed by atoms with Gasteiger partial charge in [0.2, 0.25) is 11.7 Å². The lowest BCUT2D eigenvalue weighted by Gasteiger charge is -2.31. The van der Waals surface area contributed by atoms with Crippen LogP contribution in [0.15, 0.2) is 58.9 Å². The maximum absolute atomic E-state index is 12.4. The summed E-state index contributed by atoms with van der Waals surface area (Å²) in [5.41, 5.74) is 3.94. The lowest BCUT2D eigenvalue weighted by atomic mass is 10.0. The number of carbonyl (C=O) groups excluding carboxylic acids is 2. The summed E-state index contributed by atoms with van der Waals surface area (Å²) in [6, 6.07) is 0. The van der Waals surface area contributed by atoms with Crippen molar-refractivity contribution in [3.05, 3.63) is 58.9 Å². The molecule has 1 aliphatic carbocycles. The number of methoxy groups -OCH3 is 2. The zero-order valence-electron chi connectivity index (χ0n) is 17.9. The number of hydrogen-bond donors (Lipinski definition) is 1. The number of ether oxygens (including phenoxy) is 2. The van der Waals surface area contributed by atoms with Crippen LogP contribution in [0.25, 0.3) is 0 Å². The van der Waals surface area contributed by atoms with Crippen LogP contribution in [0.2, 0.25) is 0 Å².